The van der Waals surface area contributed by atoms with Crippen LogP contribution >= 0.6 is 11.3 Å². The third-order valence-electron chi connectivity index (χ3n) is 4.09. The number of rotatable bonds is 5. The Morgan fingerprint density at radius 2 is 2.32 bits per heavy atom. The first kappa shape index (κ1) is 14.5. The van der Waals surface area contributed by atoms with Crippen molar-refractivity contribution in [2.24, 2.45) is 17.6 Å². The SMILES string of the molecule is CC(C)N(Cc1cccs1)C(=O)[C@@H]1CCC[C@@H]1CN. The van der Waals surface area contributed by atoms with E-state index in [-0.39, 0.29) is 12.0 Å². The number of nitrogens with two attached hydrogens (primary N) is 1. The second-order valence-electron chi connectivity index (χ2n) is 5.67. The fourth-order valence-electron chi connectivity index (χ4n) is 2.94. The van der Waals surface area contributed by atoms with Gasteiger partial charge in [-0.15, -0.1) is 11.3 Å². The maximum atomic E-state index is 12.8. The fourth-order valence-corrected chi connectivity index (χ4v) is 3.65. The van der Waals surface area contributed by atoms with E-state index < -0.39 is 0 Å². The normalized spacial score (nSPS) is 22.9. The van der Waals surface area contributed by atoms with E-state index in [1.165, 1.54) is 4.88 Å². The van der Waals surface area contributed by atoms with Gasteiger partial charge >= 0.3 is 0 Å². The maximum Gasteiger partial charge on any atom is 0.226 e. The van der Waals surface area contributed by atoms with Crippen LogP contribution in [-0.4, -0.2) is 23.4 Å². The predicted octanol–water partition coefficient (Wildman–Crippen LogP) is 2.86. The lowest BCUT2D eigenvalue weighted by Crippen LogP contribution is -2.42. The lowest BCUT2D eigenvalue weighted by atomic mass is 9.94. The van der Waals surface area contributed by atoms with Crippen LogP contribution in [0, 0.1) is 11.8 Å². The van der Waals surface area contributed by atoms with Gasteiger partial charge in [-0.1, -0.05) is 12.5 Å². The lowest BCUT2D eigenvalue weighted by Gasteiger charge is -2.31. The van der Waals surface area contributed by atoms with Crippen molar-refractivity contribution in [3.05, 3.63) is 22.4 Å². The largest absolute Gasteiger partial charge is 0.335 e. The first-order valence-electron chi connectivity index (χ1n) is 7.16. The first-order valence-corrected chi connectivity index (χ1v) is 8.04. The van der Waals surface area contributed by atoms with Gasteiger partial charge in [0.05, 0.1) is 6.54 Å². The Morgan fingerprint density at radius 3 is 2.89 bits per heavy atom. The molecule has 0 radical (unpaired) electrons. The highest BCUT2D eigenvalue weighted by Crippen LogP contribution is 2.33. The van der Waals surface area contributed by atoms with Gasteiger partial charge in [-0.2, -0.15) is 0 Å². The van der Waals surface area contributed by atoms with Crippen molar-refractivity contribution in [1.29, 1.82) is 0 Å². The molecule has 2 N–H and O–H groups in total. The standard InChI is InChI=1S/C15H24N2OS/c1-11(2)17(10-13-6-4-8-19-13)15(18)14-7-3-5-12(14)9-16/h4,6,8,11-12,14H,3,5,7,9-10,16H2,1-2H3/t12-,14-/m1/s1. The fraction of sp³-hybridized carbons (Fsp3) is 0.667. The topological polar surface area (TPSA) is 46.3 Å². The maximum absolute atomic E-state index is 12.8. The summed E-state index contributed by atoms with van der Waals surface area (Å²) in [5, 5.41) is 2.07. The van der Waals surface area contributed by atoms with Crippen LogP contribution in [0.4, 0.5) is 0 Å². The molecule has 0 unspecified atom stereocenters. The van der Waals surface area contributed by atoms with E-state index >= 15 is 0 Å². The van der Waals surface area contributed by atoms with E-state index in [9.17, 15) is 4.79 Å². The van der Waals surface area contributed by atoms with Crippen LogP contribution in [0.1, 0.15) is 38.0 Å². The molecule has 106 valence electrons. The Hall–Kier alpha value is -0.870. The summed E-state index contributed by atoms with van der Waals surface area (Å²) in [6, 6.07) is 4.39. The van der Waals surface area contributed by atoms with Crippen molar-refractivity contribution >= 4 is 17.2 Å². The molecule has 1 fully saturated rings. The van der Waals surface area contributed by atoms with Crippen LogP contribution in [0.25, 0.3) is 0 Å². The van der Waals surface area contributed by atoms with E-state index in [0.717, 1.165) is 25.8 Å². The highest BCUT2D eigenvalue weighted by molar-refractivity contribution is 7.09. The van der Waals surface area contributed by atoms with Gasteiger partial charge in [-0.25, -0.2) is 0 Å². The Kier molecular flexibility index (Phi) is 4.99. The van der Waals surface area contributed by atoms with E-state index in [1.54, 1.807) is 11.3 Å². The van der Waals surface area contributed by atoms with Crippen molar-refractivity contribution < 1.29 is 4.79 Å². The summed E-state index contributed by atoms with van der Waals surface area (Å²) in [5.41, 5.74) is 5.81. The summed E-state index contributed by atoms with van der Waals surface area (Å²) in [5.74, 6) is 0.834. The molecule has 2 rings (SSSR count). The predicted molar refractivity (Wildman–Crippen MR) is 79.9 cm³/mol. The summed E-state index contributed by atoms with van der Waals surface area (Å²) in [7, 11) is 0. The Balaban J connectivity index is 2.08. The smallest absolute Gasteiger partial charge is 0.226 e. The molecule has 0 saturated heterocycles. The van der Waals surface area contributed by atoms with Crippen molar-refractivity contribution in [3.63, 3.8) is 0 Å². The molecular formula is C15H24N2OS. The minimum absolute atomic E-state index is 0.146. The van der Waals surface area contributed by atoms with Gasteiger partial charge < -0.3 is 10.6 Å². The third-order valence-corrected chi connectivity index (χ3v) is 4.95. The van der Waals surface area contributed by atoms with Crippen molar-refractivity contribution in [2.75, 3.05) is 6.54 Å². The molecule has 1 saturated carbocycles. The monoisotopic (exact) mass is 280 g/mol. The second kappa shape index (κ2) is 6.53. The molecule has 1 heterocycles. The van der Waals surface area contributed by atoms with Gasteiger partial charge in [0.1, 0.15) is 0 Å². The highest BCUT2D eigenvalue weighted by Gasteiger charge is 2.35. The third kappa shape index (κ3) is 3.37. The van der Waals surface area contributed by atoms with Crippen LogP contribution < -0.4 is 5.73 Å². The molecule has 1 aliphatic carbocycles. The molecule has 2 atom stereocenters. The zero-order valence-electron chi connectivity index (χ0n) is 11.8. The Morgan fingerprint density at radius 1 is 1.53 bits per heavy atom. The van der Waals surface area contributed by atoms with Crippen LogP contribution in [0.2, 0.25) is 0 Å². The van der Waals surface area contributed by atoms with Crippen LogP contribution in [0.5, 0.6) is 0 Å². The molecule has 0 spiro atoms. The molecule has 1 aromatic heterocycles. The lowest BCUT2D eigenvalue weighted by molar-refractivity contribution is -0.139. The van der Waals surface area contributed by atoms with Crippen LogP contribution in [0.3, 0.4) is 0 Å². The molecule has 1 amide bonds. The van der Waals surface area contributed by atoms with Gasteiger partial charge in [0, 0.05) is 16.8 Å². The number of amides is 1. The second-order valence-corrected chi connectivity index (χ2v) is 6.70. The minimum Gasteiger partial charge on any atom is -0.335 e. The molecular weight excluding hydrogens is 256 g/mol. The average molecular weight is 280 g/mol. The van der Waals surface area contributed by atoms with E-state index in [0.29, 0.717) is 18.4 Å². The van der Waals surface area contributed by atoms with Crippen molar-refractivity contribution in [2.45, 2.75) is 45.7 Å². The van der Waals surface area contributed by atoms with E-state index in [2.05, 4.69) is 25.3 Å². The quantitative estimate of drug-likeness (QED) is 0.901. The van der Waals surface area contributed by atoms with Crippen LogP contribution in [-0.2, 0) is 11.3 Å². The summed E-state index contributed by atoms with van der Waals surface area (Å²) in [4.78, 5) is 16.0. The van der Waals surface area contributed by atoms with Crippen LogP contribution in [0.15, 0.2) is 17.5 Å². The summed E-state index contributed by atoms with van der Waals surface area (Å²) in [6.45, 7) is 5.57. The van der Waals surface area contributed by atoms with Gasteiger partial charge in [-0.3, -0.25) is 4.79 Å². The van der Waals surface area contributed by atoms with Gasteiger partial charge in [0.15, 0.2) is 0 Å². The number of carbonyl (C=O) groups excluding carboxylic acids is 1. The summed E-state index contributed by atoms with van der Waals surface area (Å²) < 4.78 is 0. The van der Waals surface area contributed by atoms with Gasteiger partial charge in [0.25, 0.3) is 0 Å². The van der Waals surface area contributed by atoms with Gasteiger partial charge in [0.2, 0.25) is 5.91 Å². The molecule has 3 nitrogen and oxygen atoms in total. The molecule has 0 bridgehead atoms. The first-order chi connectivity index (χ1) is 9.13. The van der Waals surface area contributed by atoms with Crippen molar-refractivity contribution in [3.8, 4) is 0 Å². The molecule has 0 aromatic carbocycles. The number of nitrogens with zero attached hydrogens (tertiary/aromatic N) is 1. The van der Waals surface area contributed by atoms with Crippen molar-refractivity contribution in [1.82, 2.24) is 4.90 Å². The molecule has 1 aliphatic rings. The number of carbonyl (C=O) groups is 1. The van der Waals surface area contributed by atoms with E-state index in [4.69, 9.17) is 5.73 Å². The zero-order valence-corrected chi connectivity index (χ0v) is 12.7. The molecule has 1 aromatic rings. The minimum atomic E-state index is 0.146. The summed E-state index contributed by atoms with van der Waals surface area (Å²) >= 11 is 1.72. The number of hydrogen-bond donors (Lipinski definition) is 1. The Labute approximate surface area is 119 Å². The molecule has 0 aliphatic heterocycles. The Bertz CT molecular complexity index is 402. The molecule has 4 heteroatoms. The highest BCUT2D eigenvalue weighted by atomic mass is 32.1. The number of thiophene rings is 1. The summed E-state index contributed by atoms with van der Waals surface area (Å²) in [6.07, 6.45) is 3.26. The molecule has 19 heavy (non-hydrogen) atoms. The zero-order chi connectivity index (χ0) is 13.8. The van der Waals surface area contributed by atoms with E-state index in [1.807, 2.05) is 11.0 Å². The average Bonchev–Trinajstić information content (AvgIpc) is 3.05. The van der Waals surface area contributed by atoms with Gasteiger partial charge in [-0.05, 0) is 50.6 Å². The number of hydrogen-bond acceptors (Lipinski definition) is 3.